The number of nitrogens with one attached hydrogen (secondary N) is 2. The van der Waals surface area contributed by atoms with Gasteiger partial charge in [0, 0.05) is 12.1 Å². The summed E-state index contributed by atoms with van der Waals surface area (Å²) in [4.78, 5) is 12.8. The van der Waals surface area contributed by atoms with Gasteiger partial charge in [0.1, 0.15) is 11.6 Å². The number of hydrogen-bond acceptors (Lipinski definition) is 3. The SMILES string of the molecule is C[C@@H]1C=C2Nc3ccccc3N[C@@H](c3ccc(F)cc3)[C@@H]2C(=O)C1. The second kappa shape index (κ2) is 5.78. The van der Waals surface area contributed by atoms with Gasteiger partial charge in [-0.1, -0.05) is 37.3 Å². The normalized spacial score (nSPS) is 25.5. The van der Waals surface area contributed by atoms with E-state index in [0.29, 0.717) is 6.42 Å². The Morgan fingerprint density at radius 2 is 1.75 bits per heavy atom. The number of rotatable bonds is 1. The van der Waals surface area contributed by atoms with Gasteiger partial charge in [-0.05, 0) is 35.7 Å². The summed E-state index contributed by atoms with van der Waals surface area (Å²) >= 11 is 0. The first-order chi connectivity index (χ1) is 11.6. The molecule has 0 radical (unpaired) electrons. The maximum absolute atomic E-state index is 13.3. The Morgan fingerprint density at radius 1 is 1.04 bits per heavy atom. The molecule has 3 atom stereocenters. The number of fused-ring (bicyclic) bond motifs is 2. The number of para-hydroxylation sites is 2. The van der Waals surface area contributed by atoms with Gasteiger partial charge in [0.25, 0.3) is 0 Å². The zero-order valence-electron chi connectivity index (χ0n) is 13.4. The van der Waals surface area contributed by atoms with Crippen molar-refractivity contribution < 1.29 is 9.18 Å². The first kappa shape index (κ1) is 14.9. The number of ketones is 1. The maximum atomic E-state index is 13.3. The fourth-order valence-electron chi connectivity index (χ4n) is 3.64. The van der Waals surface area contributed by atoms with Crippen LogP contribution in [0.15, 0.2) is 60.3 Å². The number of carbonyl (C=O) groups excluding carboxylic acids is 1. The summed E-state index contributed by atoms with van der Waals surface area (Å²) < 4.78 is 13.3. The lowest BCUT2D eigenvalue weighted by atomic mass is 9.79. The van der Waals surface area contributed by atoms with Crippen LogP contribution in [0.3, 0.4) is 0 Å². The van der Waals surface area contributed by atoms with E-state index in [1.165, 1.54) is 12.1 Å². The number of benzene rings is 2. The molecule has 0 spiro atoms. The number of halogens is 1. The van der Waals surface area contributed by atoms with Crippen molar-refractivity contribution >= 4 is 17.2 Å². The molecule has 2 aromatic rings. The van der Waals surface area contributed by atoms with Crippen LogP contribution in [0.25, 0.3) is 0 Å². The van der Waals surface area contributed by atoms with Gasteiger partial charge in [-0.15, -0.1) is 0 Å². The van der Waals surface area contributed by atoms with Crippen LogP contribution in [0.5, 0.6) is 0 Å². The van der Waals surface area contributed by atoms with E-state index in [9.17, 15) is 9.18 Å². The fraction of sp³-hybridized carbons (Fsp3) is 0.250. The summed E-state index contributed by atoms with van der Waals surface area (Å²) in [7, 11) is 0. The molecular formula is C20H19FN2O. The van der Waals surface area contributed by atoms with E-state index in [-0.39, 0.29) is 29.5 Å². The molecule has 0 amide bonds. The summed E-state index contributed by atoms with van der Waals surface area (Å²) in [5, 5.41) is 6.93. The summed E-state index contributed by atoms with van der Waals surface area (Å²) in [5.41, 5.74) is 3.75. The van der Waals surface area contributed by atoms with Gasteiger partial charge in [0.15, 0.2) is 0 Å². The van der Waals surface area contributed by atoms with E-state index < -0.39 is 0 Å². The summed E-state index contributed by atoms with van der Waals surface area (Å²) in [6.45, 7) is 2.06. The van der Waals surface area contributed by atoms with E-state index in [0.717, 1.165) is 22.6 Å². The van der Waals surface area contributed by atoms with Crippen LogP contribution in [-0.4, -0.2) is 5.78 Å². The molecule has 2 N–H and O–H groups in total. The van der Waals surface area contributed by atoms with Gasteiger partial charge in [-0.25, -0.2) is 4.39 Å². The lowest BCUT2D eigenvalue weighted by Gasteiger charge is -2.31. The van der Waals surface area contributed by atoms with Crippen LogP contribution in [-0.2, 0) is 4.79 Å². The van der Waals surface area contributed by atoms with Crippen LogP contribution in [0, 0.1) is 17.7 Å². The summed E-state index contributed by atoms with van der Waals surface area (Å²) in [6.07, 6.45) is 2.68. The van der Waals surface area contributed by atoms with E-state index in [2.05, 4.69) is 23.6 Å². The second-order valence-corrected chi connectivity index (χ2v) is 6.59. The Kier molecular flexibility index (Phi) is 3.60. The smallest absolute Gasteiger partial charge is 0.144 e. The molecule has 2 aromatic carbocycles. The van der Waals surface area contributed by atoms with Crippen molar-refractivity contribution in [2.75, 3.05) is 10.6 Å². The zero-order chi connectivity index (χ0) is 16.7. The molecule has 0 aromatic heterocycles. The van der Waals surface area contributed by atoms with Gasteiger partial charge in [-0.2, -0.15) is 0 Å². The zero-order valence-corrected chi connectivity index (χ0v) is 13.4. The Hall–Kier alpha value is -2.62. The van der Waals surface area contributed by atoms with Crippen molar-refractivity contribution in [2.45, 2.75) is 19.4 Å². The largest absolute Gasteiger partial charge is 0.375 e. The number of anilines is 2. The molecule has 0 saturated carbocycles. The average Bonchev–Trinajstić information content (AvgIpc) is 2.72. The number of allylic oxidation sites excluding steroid dienone is 1. The van der Waals surface area contributed by atoms with Crippen LogP contribution < -0.4 is 10.6 Å². The van der Waals surface area contributed by atoms with Gasteiger partial charge in [0.05, 0.1) is 23.3 Å². The highest BCUT2D eigenvalue weighted by atomic mass is 19.1. The van der Waals surface area contributed by atoms with Gasteiger partial charge >= 0.3 is 0 Å². The molecular weight excluding hydrogens is 303 g/mol. The highest BCUT2D eigenvalue weighted by Gasteiger charge is 2.38. The average molecular weight is 322 g/mol. The molecule has 1 aliphatic heterocycles. The van der Waals surface area contributed by atoms with E-state index >= 15 is 0 Å². The van der Waals surface area contributed by atoms with Crippen molar-refractivity contribution in [1.82, 2.24) is 0 Å². The van der Waals surface area contributed by atoms with Crippen molar-refractivity contribution in [1.29, 1.82) is 0 Å². The van der Waals surface area contributed by atoms with E-state index in [1.807, 2.05) is 24.3 Å². The highest BCUT2D eigenvalue weighted by molar-refractivity contribution is 5.89. The topological polar surface area (TPSA) is 41.1 Å². The minimum absolute atomic E-state index is 0.210. The van der Waals surface area contributed by atoms with Gasteiger partial charge in [-0.3, -0.25) is 4.79 Å². The summed E-state index contributed by atoms with van der Waals surface area (Å²) in [5.74, 6) is -0.137. The molecule has 4 rings (SSSR count). The standard InChI is InChI=1S/C20H19FN2O/c1-12-10-17-19(18(24)11-12)20(13-6-8-14(21)9-7-13)23-16-5-3-2-4-15(16)22-17/h2-10,12,19-20,22-23H,11H2,1H3/t12-,19+,20+/m1/s1. The monoisotopic (exact) mass is 322 g/mol. The Balaban J connectivity index is 1.85. The molecule has 3 nitrogen and oxygen atoms in total. The third-order valence-corrected chi connectivity index (χ3v) is 4.75. The van der Waals surface area contributed by atoms with Crippen LogP contribution >= 0.6 is 0 Å². The third-order valence-electron chi connectivity index (χ3n) is 4.75. The lowest BCUT2D eigenvalue weighted by molar-refractivity contribution is -0.123. The minimum atomic E-state index is -0.293. The molecule has 24 heavy (non-hydrogen) atoms. The van der Waals surface area contributed by atoms with E-state index in [1.54, 1.807) is 12.1 Å². The van der Waals surface area contributed by atoms with Crippen LogP contribution in [0.2, 0.25) is 0 Å². The van der Waals surface area contributed by atoms with Crippen molar-refractivity contribution in [3.05, 3.63) is 71.7 Å². The molecule has 2 aliphatic rings. The van der Waals surface area contributed by atoms with Crippen LogP contribution in [0.1, 0.15) is 24.9 Å². The van der Waals surface area contributed by atoms with Gasteiger partial charge in [0.2, 0.25) is 0 Å². The molecule has 122 valence electrons. The molecule has 0 saturated heterocycles. The quantitative estimate of drug-likeness (QED) is 0.811. The van der Waals surface area contributed by atoms with Crippen molar-refractivity contribution in [3.63, 3.8) is 0 Å². The maximum Gasteiger partial charge on any atom is 0.144 e. The first-order valence-electron chi connectivity index (χ1n) is 8.24. The Morgan fingerprint density at radius 3 is 2.50 bits per heavy atom. The summed E-state index contributed by atoms with van der Waals surface area (Å²) in [6, 6.07) is 14.1. The molecule has 1 aliphatic carbocycles. The second-order valence-electron chi connectivity index (χ2n) is 6.59. The number of carbonyl (C=O) groups is 1. The van der Waals surface area contributed by atoms with Gasteiger partial charge < -0.3 is 10.6 Å². The fourth-order valence-corrected chi connectivity index (χ4v) is 3.64. The molecule has 0 unspecified atom stereocenters. The molecule has 0 bridgehead atoms. The number of Topliss-reactive ketones (excluding diaryl/α,β-unsaturated/α-hetero) is 1. The first-order valence-corrected chi connectivity index (χ1v) is 8.24. The van der Waals surface area contributed by atoms with E-state index in [4.69, 9.17) is 0 Å². The van der Waals surface area contributed by atoms with Crippen molar-refractivity contribution in [3.8, 4) is 0 Å². The molecule has 4 heteroatoms. The predicted octanol–water partition coefficient (Wildman–Crippen LogP) is 4.51. The highest BCUT2D eigenvalue weighted by Crippen LogP contribution is 2.42. The van der Waals surface area contributed by atoms with Crippen LogP contribution in [0.4, 0.5) is 15.8 Å². The Bertz CT molecular complexity index is 813. The molecule has 1 heterocycles. The van der Waals surface area contributed by atoms with Crippen molar-refractivity contribution in [2.24, 2.45) is 11.8 Å². The predicted molar refractivity (Wildman–Crippen MR) is 93.2 cm³/mol. The Labute approximate surface area is 140 Å². The third kappa shape index (κ3) is 2.58. The minimum Gasteiger partial charge on any atom is -0.375 e. The number of hydrogen-bond donors (Lipinski definition) is 2. The molecule has 0 fully saturated rings. The lowest BCUT2D eigenvalue weighted by Crippen LogP contribution is -2.33.